The summed E-state index contributed by atoms with van der Waals surface area (Å²) >= 11 is 5.82. The SMILES string of the molecule is N#CCC(=O)NCCc1cccc(OCCOc2ccc(Cl)cc2)c1. The Balaban J connectivity index is 1.70. The van der Waals surface area contributed by atoms with Gasteiger partial charge in [0, 0.05) is 11.6 Å². The fourth-order valence-corrected chi connectivity index (χ4v) is 2.25. The number of carbonyl (C=O) groups excluding carboxylic acids is 1. The van der Waals surface area contributed by atoms with Gasteiger partial charge >= 0.3 is 0 Å². The summed E-state index contributed by atoms with van der Waals surface area (Å²) in [5.74, 6) is 1.24. The highest BCUT2D eigenvalue weighted by Gasteiger charge is 2.01. The molecule has 6 heteroatoms. The van der Waals surface area contributed by atoms with Gasteiger partial charge in [-0.15, -0.1) is 0 Å². The van der Waals surface area contributed by atoms with E-state index in [1.807, 2.05) is 42.5 Å². The Kier molecular flexibility index (Phi) is 7.61. The summed E-state index contributed by atoms with van der Waals surface area (Å²) in [6.45, 7) is 1.34. The third kappa shape index (κ3) is 7.15. The first-order valence-corrected chi connectivity index (χ1v) is 8.29. The van der Waals surface area contributed by atoms with Gasteiger partial charge in [0.25, 0.3) is 0 Å². The van der Waals surface area contributed by atoms with Crippen LogP contribution in [0, 0.1) is 11.3 Å². The first-order chi connectivity index (χ1) is 12.2. The largest absolute Gasteiger partial charge is 0.490 e. The molecule has 0 fully saturated rings. The number of amides is 1. The average Bonchev–Trinajstić information content (AvgIpc) is 2.61. The molecule has 0 spiro atoms. The van der Waals surface area contributed by atoms with Crippen LogP contribution in [0.25, 0.3) is 0 Å². The van der Waals surface area contributed by atoms with Gasteiger partial charge in [-0.3, -0.25) is 4.79 Å². The fourth-order valence-electron chi connectivity index (χ4n) is 2.12. The molecular weight excluding hydrogens is 340 g/mol. The van der Waals surface area contributed by atoms with Crippen LogP contribution in [-0.2, 0) is 11.2 Å². The van der Waals surface area contributed by atoms with Crippen molar-refractivity contribution in [1.29, 1.82) is 5.26 Å². The van der Waals surface area contributed by atoms with Crippen LogP contribution in [0.5, 0.6) is 11.5 Å². The summed E-state index contributed by atoms with van der Waals surface area (Å²) in [7, 11) is 0. The highest BCUT2D eigenvalue weighted by Crippen LogP contribution is 2.16. The molecule has 0 aliphatic heterocycles. The van der Waals surface area contributed by atoms with Gasteiger partial charge in [-0.1, -0.05) is 23.7 Å². The van der Waals surface area contributed by atoms with Crippen molar-refractivity contribution < 1.29 is 14.3 Å². The minimum absolute atomic E-state index is 0.114. The van der Waals surface area contributed by atoms with E-state index in [1.165, 1.54) is 0 Å². The van der Waals surface area contributed by atoms with Crippen LogP contribution >= 0.6 is 11.6 Å². The number of nitriles is 1. The summed E-state index contributed by atoms with van der Waals surface area (Å²) in [5, 5.41) is 11.8. The molecule has 0 atom stereocenters. The second kappa shape index (κ2) is 10.2. The second-order valence-electron chi connectivity index (χ2n) is 5.23. The molecule has 1 amide bonds. The molecule has 2 aromatic rings. The van der Waals surface area contributed by atoms with Gasteiger partial charge in [-0.2, -0.15) is 5.26 Å². The molecule has 0 saturated carbocycles. The Bertz CT molecular complexity index is 726. The van der Waals surface area contributed by atoms with Crippen molar-refractivity contribution in [3.8, 4) is 17.6 Å². The second-order valence-corrected chi connectivity index (χ2v) is 5.67. The minimum atomic E-state index is -0.255. The first kappa shape index (κ1) is 18.6. The zero-order valence-corrected chi connectivity index (χ0v) is 14.5. The van der Waals surface area contributed by atoms with Gasteiger partial charge in [0.15, 0.2) is 0 Å². The summed E-state index contributed by atoms with van der Waals surface area (Å²) in [6, 6.07) is 16.7. The lowest BCUT2D eigenvalue weighted by atomic mass is 10.1. The number of hydrogen-bond donors (Lipinski definition) is 1. The van der Waals surface area contributed by atoms with Crippen LogP contribution in [0.15, 0.2) is 48.5 Å². The number of nitrogens with one attached hydrogen (secondary N) is 1. The molecule has 2 aromatic carbocycles. The molecule has 0 aliphatic rings. The Morgan fingerprint density at radius 2 is 1.80 bits per heavy atom. The molecule has 0 unspecified atom stereocenters. The molecule has 0 saturated heterocycles. The van der Waals surface area contributed by atoms with Gasteiger partial charge in [0.05, 0.1) is 6.07 Å². The lowest BCUT2D eigenvalue weighted by Crippen LogP contribution is -2.24. The number of nitrogens with zero attached hydrogens (tertiary/aromatic N) is 1. The van der Waals surface area contributed by atoms with Crippen LogP contribution in [0.4, 0.5) is 0 Å². The zero-order chi connectivity index (χ0) is 17.9. The highest BCUT2D eigenvalue weighted by atomic mass is 35.5. The summed E-state index contributed by atoms with van der Waals surface area (Å²) in [5.41, 5.74) is 1.05. The summed E-state index contributed by atoms with van der Waals surface area (Å²) < 4.78 is 11.2. The average molecular weight is 359 g/mol. The molecule has 1 N–H and O–H groups in total. The van der Waals surface area contributed by atoms with E-state index in [0.717, 1.165) is 17.1 Å². The number of hydrogen-bond acceptors (Lipinski definition) is 4. The third-order valence-corrected chi connectivity index (χ3v) is 3.56. The molecule has 130 valence electrons. The maximum Gasteiger partial charge on any atom is 0.234 e. The van der Waals surface area contributed by atoms with Gasteiger partial charge < -0.3 is 14.8 Å². The van der Waals surface area contributed by atoms with E-state index in [1.54, 1.807) is 12.1 Å². The molecule has 0 aliphatic carbocycles. The smallest absolute Gasteiger partial charge is 0.234 e. The maximum atomic E-state index is 11.2. The van der Waals surface area contributed by atoms with Gasteiger partial charge in [-0.25, -0.2) is 0 Å². The quantitative estimate of drug-likeness (QED) is 0.697. The summed E-state index contributed by atoms with van der Waals surface area (Å²) in [4.78, 5) is 11.2. The van der Waals surface area contributed by atoms with Gasteiger partial charge in [-0.05, 0) is 48.4 Å². The van der Waals surface area contributed by atoms with E-state index in [9.17, 15) is 4.79 Å². The van der Waals surface area contributed by atoms with Crippen molar-refractivity contribution >= 4 is 17.5 Å². The van der Waals surface area contributed by atoms with Crippen molar-refractivity contribution in [3.05, 3.63) is 59.1 Å². The van der Waals surface area contributed by atoms with E-state index in [2.05, 4.69) is 5.32 Å². The number of halogens is 1. The molecule has 25 heavy (non-hydrogen) atoms. The Hall–Kier alpha value is -2.71. The van der Waals surface area contributed by atoms with E-state index in [-0.39, 0.29) is 12.3 Å². The molecule has 0 radical (unpaired) electrons. The molecule has 2 rings (SSSR count). The molecule has 5 nitrogen and oxygen atoms in total. The van der Waals surface area contributed by atoms with Crippen molar-refractivity contribution in [2.24, 2.45) is 0 Å². The Morgan fingerprint density at radius 1 is 1.08 bits per heavy atom. The number of carbonyl (C=O) groups is 1. The number of rotatable bonds is 9. The molecule has 0 aromatic heterocycles. The predicted octanol–water partition coefficient (Wildman–Crippen LogP) is 3.37. The zero-order valence-electron chi connectivity index (χ0n) is 13.7. The number of benzene rings is 2. The van der Waals surface area contributed by atoms with E-state index in [0.29, 0.717) is 31.2 Å². The molecular formula is C19H19ClN2O3. The first-order valence-electron chi connectivity index (χ1n) is 7.91. The van der Waals surface area contributed by atoms with Crippen molar-refractivity contribution in [3.63, 3.8) is 0 Å². The standard InChI is InChI=1S/C19H19ClN2O3/c20-16-4-6-17(7-5-16)24-12-13-25-18-3-1-2-15(14-18)9-11-22-19(23)8-10-21/h1-7,14H,8-9,11-13H2,(H,22,23). The summed E-state index contributed by atoms with van der Waals surface area (Å²) in [6.07, 6.45) is 0.562. The normalized spacial score (nSPS) is 9.92. The van der Waals surface area contributed by atoms with Gasteiger partial charge in [0.2, 0.25) is 5.91 Å². The highest BCUT2D eigenvalue weighted by molar-refractivity contribution is 6.30. The molecule has 0 heterocycles. The van der Waals surface area contributed by atoms with E-state index in [4.69, 9.17) is 26.3 Å². The topological polar surface area (TPSA) is 71.4 Å². The van der Waals surface area contributed by atoms with Crippen LogP contribution in [-0.4, -0.2) is 25.7 Å². The fraction of sp³-hybridized carbons (Fsp3) is 0.263. The van der Waals surface area contributed by atoms with E-state index < -0.39 is 0 Å². The minimum Gasteiger partial charge on any atom is -0.490 e. The molecule has 0 bridgehead atoms. The lowest BCUT2D eigenvalue weighted by Gasteiger charge is -2.10. The van der Waals surface area contributed by atoms with Crippen molar-refractivity contribution in [2.75, 3.05) is 19.8 Å². The third-order valence-electron chi connectivity index (χ3n) is 3.31. The predicted molar refractivity (Wildman–Crippen MR) is 95.8 cm³/mol. The van der Waals surface area contributed by atoms with E-state index >= 15 is 0 Å². The van der Waals surface area contributed by atoms with Crippen LogP contribution in [0.3, 0.4) is 0 Å². The van der Waals surface area contributed by atoms with Crippen LogP contribution in [0.1, 0.15) is 12.0 Å². The van der Waals surface area contributed by atoms with Gasteiger partial charge in [0.1, 0.15) is 31.1 Å². The van der Waals surface area contributed by atoms with Crippen LogP contribution < -0.4 is 14.8 Å². The number of ether oxygens (including phenoxy) is 2. The monoisotopic (exact) mass is 358 g/mol. The Labute approximate surface area is 152 Å². The van der Waals surface area contributed by atoms with Crippen molar-refractivity contribution in [2.45, 2.75) is 12.8 Å². The lowest BCUT2D eigenvalue weighted by molar-refractivity contribution is -0.120. The Morgan fingerprint density at radius 3 is 2.52 bits per heavy atom. The van der Waals surface area contributed by atoms with Crippen LogP contribution in [0.2, 0.25) is 5.02 Å². The maximum absolute atomic E-state index is 11.2. The van der Waals surface area contributed by atoms with Crippen molar-refractivity contribution in [1.82, 2.24) is 5.32 Å².